The Hall–Kier alpha value is -0.880. The minimum atomic E-state index is -0.000926. The number of amides is 1. The molecule has 1 amide bonds. The van der Waals surface area contributed by atoms with Gasteiger partial charge in [0.2, 0.25) is 0 Å². The molecule has 1 aromatic heterocycles. The van der Waals surface area contributed by atoms with Gasteiger partial charge in [-0.2, -0.15) is 0 Å². The Bertz CT molecular complexity index is 569. The fourth-order valence-electron chi connectivity index (χ4n) is 2.25. The van der Waals surface area contributed by atoms with Crippen LogP contribution in [0.1, 0.15) is 23.2 Å². The van der Waals surface area contributed by atoms with Gasteiger partial charge in [-0.25, -0.2) is 4.98 Å². The number of benzene rings is 1. The Morgan fingerprint density at radius 3 is 3.05 bits per heavy atom. The van der Waals surface area contributed by atoms with Crippen LogP contribution < -0.4 is 10.6 Å². The van der Waals surface area contributed by atoms with Crippen molar-refractivity contribution >= 4 is 52.3 Å². The Balaban J connectivity index is 0.000001000. The summed E-state index contributed by atoms with van der Waals surface area (Å²) in [6.45, 7) is 1.77. The van der Waals surface area contributed by atoms with Crippen molar-refractivity contribution in [1.82, 2.24) is 15.6 Å². The first-order valence-corrected chi connectivity index (χ1v) is 7.06. The maximum atomic E-state index is 12.0. The lowest BCUT2D eigenvalue weighted by Gasteiger charge is -2.11. The second-order valence-corrected chi connectivity index (χ2v) is 5.42. The van der Waals surface area contributed by atoms with E-state index in [0.29, 0.717) is 18.2 Å². The fraction of sp³-hybridized carbons (Fsp3) is 0.385. The summed E-state index contributed by atoms with van der Waals surface area (Å²) in [7, 11) is 0. The summed E-state index contributed by atoms with van der Waals surface area (Å²) in [6.07, 6.45) is 2.35. The molecule has 110 valence electrons. The van der Waals surface area contributed by atoms with Crippen LogP contribution in [0, 0.1) is 0 Å². The van der Waals surface area contributed by atoms with Crippen LogP contribution in [0.4, 0.5) is 0 Å². The Morgan fingerprint density at radius 2 is 2.30 bits per heavy atom. The quantitative estimate of drug-likeness (QED) is 0.907. The number of thiazole rings is 1. The lowest BCUT2D eigenvalue weighted by atomic mass is 10.2. The average Bonchev–Trinajstić information content (AvgIpc) is 3.05. The second-order valence-electron chi connectivity index (χ2n) is 4.54. The number of hydrogen-bond acceptors (Lipinski definition) is 4. The van der Waals surface area contributed by atoms with Crippen LogP contribution in [0.5, 0.6) is 0 Å². The van der Waals surface area contributed by atoms with Crippen molar-refractivity contribution in [1.29, 1.82) is 0 Å². The van der Waals surface area contributed by atoms with Gasteiger partial charge in [-0.1, -0.05) is 0 Å². The molecule has 4 nitrogen and oxygen atoms in total. The maximum absolute atomic E-state index is 12.0. The molecule has 0 radical (unpaired) electrons. The minimum absolute atomic E-state index is 0. The van der Waals surface area contributed by atoms with E-state index >= 15 is 0 Å². The molecule has 20 heavy (non-hydrogen) atoms. The number of carbonyl (C=O) groups is 1. The molecule has 7 heteroatoms. The third-order valence-corrected chi connectivity index (χ3v) is 4.06. The van der Waals surface area contributed by atoms with Crippen LogP contribution in [0.2, 0.25) is 0 Å². The Morgan fingerprint density at radius 1 is 1.45 bits per heavy atom. The van der Waals surface area contributed by atoms with Gasteiger partial charge in [0, 0.05) is 18.2 Å². The molecule has 2 N–H and O–H groups in total. The molecule has 0 spiro atoms. The molecule has 1 unspecified atom stereocenters. The van der Waals surface area contributed by atoms with Gasteiger partial charge in [-0.15, -0.1) is 36.2 Å². The van der Waals surface area contributed by atoms with Crippen molar-refractivity contribution in [2.24, 2.45) is 0 Å². The number of halogens is 2. The number of nitrogens with zero attached hydrogens (tertiary/aromatic N) is 1. The summed E-state index contributed by atoms with van der Waals surface area (Å²) in [5.74, 6) is -0.000926. The van der Waals surface area contributed by atoms with E-state index in [1.165, 1.54) is 6.42 Å². The summed E-state index contributed by atoms with van der Waals surface area (Å²) in [5, 5.41) is 6.35. The lowest BCUT2D eigenvalue weighted by molar-refractivity contribution is 0.0950. The lowest BCUT2D eigenvalue weighted by Crippen LogP contribution is -2.37. The van der Waals surface area contributed by atoms with E-state index in [4.69, 9.17) is 0 Å². The predicted octanol–water partition coefficient (Wildman–Crippen LogP) is 2.62. The van der Waals surface area contributed by atoms with E-state index in [1.54, 1.807) is 16.8 Å². The molecule has 1 atom stereocenters. The Labute approximate surface area is 134 Å². The highest BCUT2D eigenvalue weighted by Crippen LogP contribution is 2.19. The standard InChI is InChI=1S/C13H15N3OS.2ClH/c17-13(15-7-10-2-1-5-14-10)9-3-4-11-12(6-9)18-8-16-11;;/h3-4,6,8,10,14H,1-2,5,7H2,(H,15,17);2*1H. The molecule has 0 saturated carbocycles. The van der Waals surface area contributed by atoms with E-state index in [-0.39, 0.29) is 30.7 Å². The molecule has 3 rings (SSSR count). The van der Waals surface area contributed by atoms with Crippen LogP contribution in [-0.4, -0.2) is 30.0 Å². The van der Waals surface area contributed by atoms with Crippen molar-refractivity contribution in [3.8, 4) is 0 Å². The molecule has 1 aliphatic heterocycles. The van der Waals surface area contributed by atoms with Crippen LogP contribution in [0.15, 0.2) is 23.7 Å². The maximum Gasteiger partial charge on any atom is 0.251 e. The van der Waals surface area contributed by atoms with Gasteiger partial charge in [0.25, 0.3) is 5.91 Å². The topological polar surface area (TPSA) is 54.0 Å². The minimum Gasteiger partial charge on any atom is -0.350 e. The van der Waals surface area contributed by atoms with Gasteiger partial charge in [0.1, 0.15) is 0 Å². The van der Waals surface area contributed by atoms with Crippen molar-refractivity contribution in [2.45, 2.75) is 18.9 Å². The zero-order valence-electron chi connectivity index (χ0n) is 10.8. The van der Waals surface area contributed by atoms with Crippen molar-refractivity contribution in [3.05, 3.63) is 29.3 Å². The molecule has 2 aromatic rings. The fourth-order valence-corrected chi connectivity index (χ4v) is 2.96. The number of carbonyl (C=O) groups excluding carboxylic acids is 1. The van der Waals surface area contributed by atoms with Gasteiger partial charge in [-0.05, 0) is 37.6 Å². The molecular formula is C13H17Cl2N3OS. The summed E-state index contributed by atoms with van der Waals surface area (Å²) < 4.78 is 1.06. The third kappa shape index (κ3) is 3.82. The highest BCUT2D eigenvalue weighted by Gasteiger charge is 2.15. The van der Waals surface area contributed by atoms with Gasteiger partial charge < -0.3 is 10.6 Å². The van der Waals surface area contributed by atoms with E-state index in [1.807, 2.05) is 18.2 Å². The molecule has 0 aliphatic carbocycles. The molecule has 1 aliphatic rings. The second kappa shape index (κ2) is 7.78. The normalized spacial score (nSPS) is 17.3. The zero-order chi connectivity index (χ0) is 12.4. The average molecular weight is 334 g/mol. The molecule has 2 heterocycles. The first-order chi connectivity index (χ1) is 8.83. The Kier molecular flexibility index (Phi) is 6.68. The highest BCUT2D eigenvalue weighted by molar-refractivity contribution is 7.16. The number of hydrogen-bond donors (Lipinski definition) is 2. The molecule has 1 aromatic carbocycles. The van der Waals surface area contributed by atoms with Crippen LogP contribution in [0.25, 0.3) is 10.2 Å². The van der Waals surface area contributed by atoms with Gasteiger partial charge in [0.15, 0.2) is 0 Å². The number of rotatable bonds is 3. The van der Waals surface area contributed by atoms with Crippen molar-refractivity contribution < 1.29 is 4.79 Å². The first-order valence-electron chi connectivity index (χ1n) is 6.18. The number of fused-ring (bicyclic) bond motifs is 1. The molecule has 0 bridgehead atoms. The number of nitrogens with one attached hydrogen (secondary N) is 2. The monoisotopic (exact) mass is 333 g/mol. The SMILES string of the molecule is Cl.Cl.O=C(NCC1CCCN1)c1ccc2ncsc2c1. The predicted molar refractivity (Wildman–Crippen MR) is 87.5 cm³/mol. The summed E-state index contributed by atoms with van der Waals surface area (Å²) in [4.78, 5) is 16.2. The first kappa shape index (κ1) is 17.2. The van der Waals surface area contributed by atoms with E-state index in [2.05, 4.69) is 15.6 Å². The summed E-state index contributed by atoms with van der Waals surface area (Å²) in [5.41, 5.74) is 3.47. The van der Waals surface area contributed by atoms with Crippen molar-refractivity contribution in [3.63, 3.8) is 0 Å². The van der Waals surface area contributed by atoms with Gasteiger partial charge >= 0.3 is 0 Å². The molecule has 1 saturated heterocycles. The molecule has 1 fully saturated rings. The van der Waals surface area contributed by atoms with E-state index < -0.39 is 0 Å². The van der Waals surface area contributed by atoms with Crippen molar-refractivity contribution in [2.75, 3.05) is 13.1 Å². The van der Waals surface area contributed by atoms with E-state index in [0.717, 1.165) is 23.2 Å². The zero-order valence-corrected chi connectivity index (χ0v) is 13.2. The number of aromatic nitrogens is 1. The van der Waals surface area contributed by atoms with Crippen LogP contribution in [0.3, 0.4) is 0 Å². The van der Waals surface area contributed by atoms with E-state index in [9.17, 15) is 4.79 Å². The third-order valence-electron chi connectivity index (χ3n) is 3.26. The van der Waals surface area contributed by atoms with Crippen LogP contribution >= 0.6 is 36.2 Å². The largest absolute Gasteiger partial charge is 0.350 e. The summed E-state index contributed by atoms with van der Waals surface area (Å²) >= 11 is 1.56. The molecular weight excluding hydrogens is 317 g/mol. The van der Waals surface area contributed by atoms with Gasteiger partial charge in [-0.3, -0.25) is 4.79 Å². The van der Waals surface area contributed by atoms with Crippen LogP contribution in [-0.2, 0) is 0 Å². The van der Waals surface area contributed by atoms with Gasteiger partial charge in [0.05, 0.1) is 15.7 Å². The smallest absolute Gasteiger partial charge is 0.251 e. The summed E-state index contributed by atoms with van der Waals surface area (Å²) in [6, 6.07) is 6.07. The highest BCUT2D eigenvalue weighted by atomic mass is 35.5.